The van der Waals surface area contributed by atoms with E-state index in [-0.39, 0.29) is 18.0 Å². The van der Waals surface area contributed by atoms with Crippen molar-refractivity contribution in [2.75, 3.05) is 20.2 Å². The van der Waals surface area contributed by atoms with Crippen molar-refractivity contribution < 1.29 is 18.7 Å². The average molecular weight is 345 g/mol. The van der Waals surface area contributed by atoms with Crippen LogP contribution in [0.3, 0.4) is 0 Å². The van der Waals surface area contributed by atoms with Gasteiger partial charge in [0.1, 0.15) is 11.9 Å². The molecule has 7 heteroatoms. The molecule has 0 aliphatic carbocycles. The summed E-state index contributed by atoms with van der Waals surface area (Å²) in [6, 6.07) is 7.60. The predicted molar refractivity (Wildman–Crippen MR) is 88.9 cm³/mol. The molecule has 1 aromatic heterocycles. The van der Waals surface area contributed by atoms with Crippen LogP contribution in [-0.4, -0.2) is 47.1 Å². The van der Waals surface area contributed by atoms with Gasteiger partial charge < -0.3 is 14.4 Å². The van der Waals surface area contributed by atoms with E-state index < -0.39 is 5.82 Å². The van der Waals surface area contributed by atoms with Gasteiger partial charge in [-0.15, -0.1) is 0 Å². The zero-order chi connectivity index (χ0) is 17.6. The van der Waals surface area contributed by atoms with Gasteiger partial charge in [0, 0.05) is 6.54 Å². The summed E-state index contributed by atoms with van der Waals surface area (Å²) in [7, 11) is 1.61. The topological polar surface area (TPSA) is 64.5 Å². The minimum atomic E-state index is -0.507. The SMILES string of the molecule is COc1ccc(CC(=O)N2CCC[C@@H](Oc3ncc(F)cn3)C2)cc1. The van der Waals surface area contributed by atoms with E-state index in [2.05, 4.69) is 9.97 Å². The van der Waals surface area contributed by atoms with Crippen LogP contribution in [0.25, 0.3) is 0 Å². The van der Waals surface area contributed by atoms with E-state index in [0.29, 0.717) is 19.5 Å². The minimum absolute atomic E-state index is 0.0542. The molecule has 6 nitrogen and oxygen atoms in total. The summed E-state index contributed by atoms with van der Waals surface area (Å²) in [5.74, 6) is 0.313. The van der Waals surface area contributed by atoms with Crippen LogP contribution >= 0.6 is 0 Å². The third-order valence-electron chi connectivity index (χ3n) is 4.11. The molecule has 0 unspecified atom stereocenters. The Morgan fingerprint density at radius 1 is 1.28 bits per heavy atom. The van der Waals surface area contributed by atoms with E-state index >= 15 is 0 Å². The van der Waals surface area contributed by atoms with Gasteiger partial charge in [-0.3, -0.25) is 4.79 Å². The van der Waals surface area contributed by atoms with Crippen LogP contribution in [-0.2, 0) is 11.2 Å². The van der Waals surface area contributed by atoms with Crippen molar-refractivity contribution in [1.82, 2.24) is 14.9 Å². The van der Waals surface area contributed by atoms with Crippen LogP contribution in [0.2, 0.25) is 0 Å². The standard InChI is InChI=1S/C18H20FN3O3/c1-24-15-6-4-13(5-7-15)9-17(23)22-8-2-3-16(12-22)25-18-20-10-14(19)11-21-18/h4-7,10-11,16H,2-3,8-9,12H2,1H3/t16-/m1/s1. The lowest BCUT2D eigenvalue weighted by Gasteiger charge is -2.32. The monoisotopic (exact) mass is 345 g/mol. The van der Waals surface area contributed by atoms with Gasteiger partial charge in [0.25, 0.3) is 0 Å². The zero-order valence-corrected chi connectivity index (χ0v) is 14.0. The Balaban J connectivity index is 1.56. The number of rotatable bonds is 5. The summed E-state index contributed by atoms with van der Waals surface area (Å²) in [6.07, 6.45) is 3.95. The second-order valence-corrected chi connectivity index (χ2v) is 5.93. The summed E-state index contributed by atoms with van der Waals surface area (Å²) < 4.78 is 23.6. The molecular weight excluding hydrogens is 325 g/mol. The van der Waals surface area contributed by atoms with E-state index in [1.807, 2.05) is 24.3 Å². The van der Waals surface area contributed by atoms with Crippen LogP contribution in [0.15, 0.2) is 36.7 Å². The number of piperidine rings is 1. The van der Waals surface area contributed by atoms with E-state index in [0.717, 1.165) is 36.5 Å². The fraction of sp³-hybridized carbons (Fsp3) is 0.389. The smallest absolute Gasteiger partial charge is 0.316 e. The molecule has 2 aromatic rings. The second kappa shape index (κ2) is 7.92. The highest BCUT2D eigenvalue weighted by molar-refractivity contribution is 5.79. The molecule has 1 fully saturated rings. The molecule has 3 rings (SSSR count). The number of benzene rings is 1. The number of halogens is 1. The van der Waals surface area contributed by atoms with Crippen LogP contribution in [0, 0.1) is 5.82 Å². The van der Waals surface area contributed by atoms with Crippen molar-refractivity contribution in [1.29, 1.82) is 0 Å². The Morgan fingerprint density at radius 2 is 2.00 bits per heavy atom. The highest BCUT2D eigenvalue weighted by Crippen LogP contribution is 2.17. The van der Waals surface area contributed by atoms with Gasteiger partial charge >= 0.3 is 6.01 Å². The van der Waals surface area contributed by atoms with Gasteiger partial charge in [0.2, 0.25) is 5.91 Å². The Labute approximate surface area is 145 Å². The van der Waals surface area contributed by atoms with E-state index in [1.54, 1.807) is 12.0 Å². The molecule has 0 N–H and O–H groups in total. The summed E-state index contributed by atoms with van der Waals surface area (Å²) in [4.78, 5) is 21.9. The molecule has 25 heavy (non-hydrogen) atoms. The Kier molecular flexibility index (Phi) is 5.42. The van der Waals surface area contributed by atoms with Gasteiger partial charge in [-0.1, -0.05) is 12.1 Å². The van der Waals surface area contributed by atoms with Gasteiger partial charge in [0.05, 0.1) is 32.5 Å². The molecule has 0 bridgehead atoms. The summed E-state index contributed by atoms with van der Waals surface area (Å²) >= 11 is 0. The molecule has 0 saturated carbocycles. The molecule has 1 aliphatic rings. The lowest BCUT2D eigenvalue weighted by Crippen LogP contribution is -2.45. The third-order valence-corrected chi connectivity index (χ3v) is 4.11. The van der Waals surface area contributed by atoms with E-state index in [9.17, 15) is 9.18 Å². The number of carbonyl (C=O) groups excluding carboxylic acids is 1. The summed E-state index contributed by atoms with van der Waals surface area (Å²) in [6.45, 7) is 1.19. The van der Waals surface area contributed by atoms with Crippen molar-refractivity contribution in [3.63, 3.8) is 0 Å². The first-order chi connectivity index (χ1) is 12.1. The van der Waals surface area contributed by atoms with Crippen molar-refractivity contribution in [3.05, 3.63) is 48.0 Å². The Hall–Kier alpha value is -2.70. The largest absolute Gasteiger partial charge is 0.497 e. The number of nitrogens with zero attached hydrogens (tertiary/aromatic N) is 3. The molecule has 1 aromatic carbocycles. The molecule has 1 saturated heterocycles. The summed E-state index contributed by atoms with van der Waals surface area (Å²) in [5, 5.41) is 0. The highest BCUT2D eigenvalue weighted by atomic mass is 19.1. The molecule has 0 spiro atoms. The van der Waals surface area contributed by atoms with Crippen LogP contribution in [0.5, 0.6) is 11.8 Å². The highest BCUT2D eigenvalue weighted by Gasteiger charge is 2.25. The zero-order valence-electron chi connectivity index (χ0n) is 14.0. The quantitative estimate of drug-likeness (QED) is 0.831. The van der Waals surface area contributed by atoms with Gasteiger partial charge in [-0.05, 0) is 30.5 Å². The predicted octanol–water partition coefficient (Wildman–Crippen LogP) is 2.24. The maximum Gasteiger partial charge on any atom is 0.316 e. The normalized spacial score (nSPS) is 17.2. The average Bonchev–Trinajstić information content (AvgIpc) is 2.64. The van der Waals surface area contributed by atoms with Crippen LogP contribution in [0.4, 0.5) is 4.39 Å². The molecular formula is C18H20FN3O3. The minimum Gasteiger partial charge on any atom is -0.497 e. The first-order valence-corrected chi connectivity index (χ1v) is 8.19. The van der Waals surface area contributed by atoms with E-state index in [1.165, 1.54) is 0 Å². The number of hydrogen-bond donors (Lipinski definition) is 0. The number of methoxy groups -OCH3 is 1. The van der Waals surface area contributed by atoms with Crippen molar-refractivity contribution in [2.24, 2.45) is 0 Å². The summed E-state index contributed by atoms with van der Waals surface area (Å²) in [5.41, 5.74) is 0.940. The Bertz CT molecular complexity index is 707. The molecule has 1 amide bonds. The Morgan fingerprint density at radius 3 is 2.68 bits per heavy atom. The van der Waals surface area contributed by atoms with Crippen molar-refractivity contribution >= 4 is 5.91 Å². The number of carbonyl (C=O) groups is 1. The number of amides is 1. The third kappa shape index (κ3) is 4.65. The van der Waals surface area contributed by atoms with Gasteiger partial charge in [-0.2, -0.15) is 0 Å². The number of hydrogen-bond acceptors (Lipinski definition) is 5. The molecule has 0 radical (unpaired) electrons. The molecule has 1 atom stereocenters. The van der Waals surface area contributed by atoms with Crippen molar-refractivity contribution in [2.45, 2.75) is 25.4 Å². The van der Waals surface area contributed by atoms with E-state index in [4.69, 9.17) is 9.47 Å². The lowest BCUT2D eigenvalue weighted by atomic mass is 10.1. The molecule has 2 heterocycles. The molecule has 132 valence electrons. The van der Waals surface area contributed by atoms with Gasteiger partial charge in [0.15, 0.2) is 5.82 Å². The fourth-order valence-electron chi connectivity index (χ4n) is 2.80. The fourth-order valence-corrected chi connectivity index (χ4v) is 2.80. The van der Waals surface area contributed by atoms with Gasteiger partial charge in [-0.25, -0.2) is 14.4 Å². The van der Waals surface area contributed by atoms with Crippen molar-refractivity contribution in [3.8, 4) is 11.8 Å². The molecule has 1 aliphatic heterocycles. The lowest BCUT2D eigenvalue weighted by molar-refractivity contribution is -0.133. The first-order valence-electron chi connectivity index (χ1n) is 8.19. The maximum atomic E-state index is 12.8. The van der Waals surface area contributed by atoms with Crippen LogP contribution in [0.1, 0.15) is 18.4 Å². The second-order valence-electron chi connectivity index (χ2n) is 5.93. The van der Waals surface area contributed by atoms with Crippen LogP contribution < -0.4 is 9.47 Å². The first kappa shape index (κ1) is 17.1. The number of likely N-dealkylation sites (tertiary alicyclic amines) is 1. The maximum absolute atomic E-state index is 12.8. The number of aromatic nitrogens is 2. The number of ether oxygens (including phenoxy) is 2.